The Kier molecular flexibility index (Phi) is 6.63. The van der Waals surface area contributed by atoms with E-state index in [4.69, 9.17) is 14.2 Å². The molecule has 0 N–H and O–H groups in total. The summed E-state index contributed by atoms with van der Waals surface area (Å²) in [6.07, 6.45) is 0.133. The van der Waals surface area contributed by atoms with Gasteiger partial charge in [-0.2, -0.15) is 0 Å². The fourth-order valence-electron chi connectivity index (χ4n) is 3.33. The number of benzene rings is 2. The van der Waals surface area contributed by atoms with Crippen molar-refractivity contribution in [1.29, 1.82) is 0 Å². The summed E-state index contributed by atoms with van der Waals surface area (Å²) in [5.41, 5.74) is 1.15. The smallest absolute Gasteiger partial charge is 0.263 e. The molecule has 6 nitrogen and oxygen atoms in total. The molecule has 0 saturated carbocycles. The number of methoxy groups -OCH3 is 2. The van der Waals surface area contributed by atoms with Crippen LogP contribution in [0.5, 0.6) is 17.2 Å². The first-order chi connectivity index (χ1) is 13.6. The highest BCUT2D eigenvalue weighted by Gasteiger charge is 2.28. The van der Waals surface area contributed by atoms with Crippen molar-refractivity contribution in [2.75, 3.05) is 45.3 Å². The van der Waals surface area contributed by atoms with Gasteiger partial charge >= 0.3 is 0 Å². The Bertz CT molecular complexity index is 770. The lowest BCUT2D eigenvalue weighted by atomic mass is 10.2. The summed E-state index contributed by atoms with van der Waals surface area (Å²) >= 11 is 0. The third kappa shape index (κ3) is 4.68. The molecular weight excluding hydrogens is 356 g/mol. The minimum absolute atomic E-state index is 0.0414. The Morgan fingerprint density at radius 3 is 2.18 bits per heavy atom. The lowest BCUT2D eigenvalue weighted by Crippen LogP contribution is -2.52. The second kappa shape index (κ2) is 9.35. The van der Waals surface area contributed by atoms with E-state index in [1.807, 2.05) is 42.2 Å². The Morgan fingerprint density at radius 1 is 0.929 bits per heavy atom. The van der Waals surface area contributed by atoms with Gasteiger partial charge in [-0.05, 0) is 42.8 Å². The first kappa shape index (κ1) is 19.9. The summed E-state index contributed by atoms with van der Waals surface area (Å²) in [6, 6.07) is 15.4. The van der Waals surface area contributed by atoms with Crippen LogP contribution in [-0.4, -0.2) is 57.3 Å². The van der Waals surface area contributed by atoms with Gasteiger partial charge in [-0.25, -0.2) is 0 Å². The van der Waals surface area contributed by atoms with Gasteiger partial charge in [0.1, 0.15) is 17.2 Å². The molecule has 3 rings (SSSR count). The number of hydrogen-bond donors (Lipinski definition) is 0. The third-order valence-corrected chi connectivity index (χ3v) is 4.99. The largest absolute Gasteiger partial charge is 0.497 e. The second-order valence-corrected chi connectivity index (χ2v) is 6.70. The molecule has 1 fully saturated rings. The van der Waals surface area contributed by atoms with Gasteiger partial charge in [0.2, 0.25) is 0 Å². The van der Waals surface area contributed by atoms with Crippen molar-refractivity contribution >= 4 is 11.6 Å². The number of piperazine rings is 1. The number of amides is 1. The van der Waals surface area contributed by atoms with E-state index in [-0.39, 0.29) is 5.91 Å². The summed E-state index contributed by atoms with van der Waals surface area (Å²) < 4.78 is 16.4. The molecular formula is C22H28N2O4. The van der Waals surface area contributed by atoms with E-state index >= 15 is 0 Å². The number of hydrogen-bond acceptors (Lipinski definition) is 5. The van der Waals surface area contributed by atoms with Crippen molar-refractivity contribution in [2.45, 2.75) is 19.4 Å². The van der Waals surface area contributed by atoms with E-state index in [2.05, 4.69) is 17.0 Å². The average Bonchev–Trinajstić information content (AvgIpc) is 2.77. The van der Waals surface area contributed by atoms with E-state index < -0.39 is 6.10 Å². The maximum absolute atomic E-state index is 12.9. The quantitative estimate of drug-likeness (QED) is 0.734. The summed E-state index contributed by atoms with van der Waals surface area (Å²) in [6.45, 7) is 4.93. The number of rotatable bonds is 7. The third-order valence-electron chi connectivity index (χ3n) is 4.99. The van der Waals surface area contributed by atoms with Crippen LogP contribution in [0.4, 0.5) is 5.69 Å². The van der Waals surface area contributed by atoms with Gasteiger partial charge in [-0.3, -0.25) is 4.79 Å². The maximum atomic E-state index is 12.9. The first-order valence-corrected chi connectivity index (χ1v) is 9.63. The zero-order valence-electron chi connectivity index (χ0n) is 16.8. The van der Waals surface area contributed by atoms with Crippen molar-refractivity contribution < 1.29 is 19.0 Å². The highest BCUT2D eigenvalue weighted by atomic mass is 16.5. The Balaban J connectivity index is 1.57. The monoisotopic (exact) mass is 384 g/mol. The number of nitrogens with zero attached hydrogens (tertiary/aromatic N) is 2. The normalized spacial score (nSPS) is 15.1. The molecule has 1 amide bonds. The van der Waals surface area contributed by atoms with Crippen LogP contribution in [0.1, 0.15) is 13.3 Å². The molecule has 6 heteroatoms. The second-order valence-electron chi connectivity index (χ2n) is 6.70. The highest BCUT2D eigenvalue weighted by molar-refractivity contribution is 5.81. The number of carbonyl (C=O) groups is 1. The molecule has 1 aliphatic heterocycles. The molecule has 28 heavy (non-hydrogen) atoms. The average molecular weight is 384 g/mol. The predicted octanol–water partition coefficient (Wildman–Crippen LogP) is 3.21. The number of ether oxygens (including phenoxy) is 3. The molecule has 0 aromatic heterocycles. The topological polar surface area (TPSA) is 51.2 Å². The van der Waals surface area contributed by atoms with Gasteiger partial charge in [0.15, 0.2) is 6.10 Å². The van der Waals surface area contributed by atoms with Gasteiger partial charge in [0.05, 0.1) is 14.2 Å². The molecule has 0 radical (unpaired) electrons. The van der Waals surface area contributed by atoms with E-state index in [0.29, 0.717) is 31.0 Å². The van der Waals surface area contributed by atoms with E-state index in [9.17, 15) is 4.79 Å². The minimum Gasteiger partial charge on any atom is -0.497 e. The zero-order chi connectivity index (χ0) is 19.9. The molecule has 2 aromatic rings. The first-order valence-electron chi connectivity index (χ1n) is 9.63. The lowest BCUT2D eigenvalue weighted by Gasteiger charge is -2.37. The van der Waals surface area contributed by atoms with Gasteiger partial charge < -0.3 is 24.0 Å². The molecule has 2 aromatic carbocycles. The van der Waals surface area contributed by atoms with Crippen molar-refractivity contribution in [3.05, 3.63) is 48.5 Å². The standard InChI is InChI=1S/C22H28N2O4/c1-4-21(28-20-7-5-6-19(16-20)27-3)22(25)24-14-12-23(13-15-24)17-8-10-18(26-2)11-9-17/h5-11,16,21H,4,12-15H2,1-3H3/t21-/m1/s1. The Morgan fingerprint density at radius 2 is 1.57 bits per heavy atom. The molecule has 0 unspecified atom stereocenters. The van der Waals surface area contributed by atoms with Gasteiger partial charge in [-0.1, -0.05) is 13.0 Å². The minimum atomic E-state index is -0.486. The molecule has 0 aliphatic carbocycles. The SMILES string of the molecule is CC[C@@H](Oc1cccc(OC)c1)C(=O)N1CCN(c2ccc(OC)cc2)CC1. The molecule has 0 spiro atoms. The van der Waals surface area contributed by atoms with Crippen molar-refractivity contribution in [2.24, 2.45) is 0 Å². The fourth-order valence-corrected chi connectivity index (χ4v) is 3.33. The van der Waals surface area contributed by atoms with Crippen LogP contribution in [0.2, 0.25) is 0 Å². The zero-order valence-corrected chi connectivity index (χ0v) is 16.8. The Hall–Kier alpha value is -2.89. The predicted molar refractivity (Wildman–Crippen MR) is 109 cm³/mol. The molecule has 1 aliphatic rings. The van der Waals surface area contributed by atoms with Crippen LogP contribution in [-0.2, 0) is 4.79 Å². The molecule has 1 heterocycles. The van der Waals surface area contributed by atoms with Crippen molar-refractivity contribution in [3.8, 4) is 17.2 Å². The van der Waals surface area contributed by atoms with Crippen LogP contribution < -0.4 is 19.1 Å². The van der Waals surface area contributed by atoms with Crippen LogP contribution in [0.15, 0.2) is 48.5 Å². The van der Waals surface area contributed by atoms with Crippen molar-refractivity contribution in [1.82, 2.24) is 4.90 Å². The number of anilines is 1. The van der Waals surface area contributed by atoms with E-state index in [1.165, 1.54) is 0 Å². The van der Waals surface area contributed by atoms with Gasteiger partial charge in [0, 0.05) is 37.9 Å². The molecule has 0 bridgehead atoms. The van der Waals surface area contributed by atoms with Gasteiger partial charge in [0.25, 0.3) is 5.91 Å². The lowest BCUT2D eigenvalue weighted by molar-refractivity contribution is -0.139. The molecule has 150 valence electrons. The summed E-state index contributed by atoms with van der Waals surface area (Å²) in [4.78, 5) is 17.1. The fraction of sp³-hybridized carbons (Fsp3) is 0.409. The highest BCUT2D eigenvalue weighted by Crippen LogP contribution is 2.23. The van der Waals surface area contributed by atoms with Crippen LogP contribution in [0.3, 0.4) is 0 Å². The molecule has 1 saturated heterocycles. The van der Waals surface area contributed by atoms with Crippen LogP contribution >= 0.6 is 0 Å². The summed E-state index contributed by atoms with van der Waals surface area (Å²) in [5.74, 6) is 2.25. The number of carbonyl (C=O) groups excluding carboxylic acids is 1. The van der Waals surface area contributed by atoms with E-state index in [0.717, 1.165) is 24.5 Å². The maximum Gasteiger partial charge on any atom is 0.263 e. The van der Waals surface area contributed by atoms with Gasteiger partial charge in [-0.15, -0.1) is 0 Å². The van der Waals surface area contributed by atoms with Crippen LogP contribution in [0, 0.1) is 0 Å². The summed E-state index contributed by atoms with van der Waals surface area (Å²) in [7, 11) is 3.28. The van der Waals surface area contributed by atoms with E-state index in [1.54, 1.807) is 20.3 Å². The Labute approximate surface area is 166 Å². The molecule has 1 atom stereocenters. The van der Waals surface area contributed by atoms with Crippen LogP contribution in [0.25, 0.3) is 0 Å². The van der Waals surface area contributed by atoms with Crippen molar-refractivity contribution in [3.63, 3.8) is 0 Å². The summed E-state index contributed by atoms with van der Waals surface area (Å²) in [5, 5.41) is 0.